The number of rotatable bonds is 57. The Morgan fingerprint density at radius 1 is 0.280 bits per heavy atom. The highest BCUT2D eigenvalue weighted by Crippen LogP contribution is 2.32. The minimum Gasteiger partial charge on any atom is -0.504 e. The molecule has 0 aliphatic rings. The molecule has 132 heavy (non-hydrogen) atoms. The van der Waals surface area contributed by atoms with Crippen LogP contribution in [0.25, 0.3) is 0 Å². The fraction of sp³-hybridized carbons (Fsp3) is 0.556. The molecular weight excluding hydrogens is 1670 g/mol. The molecule has 6 aromatic rings. The summed E-state index contributed by atoms with van der Waals surface area (Å²) in [7, 11) is 9.04. The van der Waals surface area contributed by atoms with Gasteiger partial charge in [0.05, 0.1) is 42.7 Å². The van der Waals surface area contributed by atoms with Gasteiger partial charge < -0.3 is 91.0 Å². The minimum absolute atomic E-state index is 0.0243. The summed E-state index contributed by atoms with van der Waals surface area (Å²) in [6, 6.07) is 30.5. The Bertz CT molecular complexity index is 4230. The van der Waals surface area contributed by atoms with Crippen molar-refractivity contribution >= 4 is 35.4 Å². The summed E-state index contributed by atoms with van der Waals surface area (Å²) in [5, 5.41) is 74.5. The third-order valence-electron chi connectivity index (χ3n) is 21.6. The molecule has 0 saturated carbocycles. The number of ether oxygens (including phenoxy) is 6. The predicted octanol–water partition coefficient (Wildman–Crippen LogP) is 23.4. The van der Waals surface area contributed by atoms with E-state index in [1.807, 2.05) is 0 Å². The number of benzene rings is 6. The topological polar surface area (TPSA) is 351 Å². The monoisotopic (exact) mass is 1840 g/mol. The van der Waals surface area contributed by atoms with E-state index in [1.54, 1.807) is 109 Å². The van der Waals surface area contributed by atoms with Crippen LogP contribution in [0, 0.1) is 35.5 Å². The predicted molar refractivity (Wildman–Crippen MR) is 534 cm³/mol. The van der Waals surface area contributed by atoms with Gasteiger partial charge in [0, 0.05) is 77.8 Å². The maximum atomic E-state index is 11.8. The fourth-order valence-corrected chi connectivity index (χ4v) is 12.9. The average molecular weight is 1840 g/mol. The maximum absolute atomic E-state index is 11.8. The van der Waals surface area contributed by atoms with Crippen molar-refractivity contribution < 1.29 is 87.8 Å². The Hall–Kier alpha value is -11.0. The van der Waals surface area contributed by atoms with Crippen molar-refractivity contribution in [1.82, 2.24) is 31.9 Å². The van der Waals surface area contributed by atoms with Crippen LogP contribution in [0.5, 0.6) is 69.0 Å². The second kappa shape index (κ2) is 74.5. The van der Waals surface area contributed by atoms with Crippen LogP contribution >= 0.6 is 0 Å². The molecule has 0 radical (unpaired) electrons. The van der Waals surface area contributed by atoms with Crippen LogP contribution in [0.3, 0.4) is 0 Å². The molecule has 738 valence electrons. The van der Waals surface area contributed by atoms with Crippen molar-refractivity contribution in [3.8, 4) is 69.0 Å². The smallest absolute Gasteiger partial charge is 0.220 e. The lowest BCUT2D eigenvalue weighted by Gasteiger charge is -2.09. The summed E-state index contributed by atoms with van der Waals surface area (Å²) in [6.07, 6.45) is 42.6. The van der Waals surface area contributed by atoms with Crippen molar-refractivity contribution in [1.29, 1.82) is 0 Å². The lowest BCUT2D eigenvalue weighted by atomic mass is 10.00. The molecular formula is C108H168N6O18. The average Bonchev–Trinajstić information content (AvgIpc) is 0.904. The molecule has 6 rings (SSSR count). The Morgan fingerprint density at radius 3 is 0.780 bits per heavy atom. The van der Waals surface area contributed by atoms with Gasteiger partial charge in [-0.1, -0.05) is 239 Å². The number of amides is 6. The summed E-state index contributed by atoms with van der Waals surface area (Å²) < 4.78 is 30.3. The number of carbonyl (C=O) groups is 6. The third-order valence-corrected chi connectivity index (χ3v) is 21.6. The molecule has 12 N–H and O–H groups in total. The first kappa shape index (κ1) is 119. The molecule has 24 heteroatoms. The number of allylic oxidation sites excluding steroid dienone is 6. The Morgan fingerprint density at radius 2 is 0.530 bits per heavy atom. The van der Waals surface area contributed by atoms with Crippen LogP contribution in [0.2, 0.25) is 0 Å². The van der Waals surface area contributed by atoms with E-state index in [0.717, 1.165) is 141 Å². The molecule has 2 unspecified atom stereocenters. The lowest BCUT2D eigenvalue weighted by molar-refractivity contribution is -0.122. The molecule has 0 aliphatic heterocycles. The number of carbonyl (C=O) groups excluding carboxylic acids is 6. The molecule has 0 aromatic heterocycles. The van der Waals surface area contributed by atoms with Crippen LogP contribution in [0.15, 0.2) is 146 Å². The first-order chi connectivity index (χ1) is 63.2. The van der Waals surface area contributed by atoms with E-state index in [9.17, 15) is 59.4 Å². The second-order valence-corrected chi connectivity index (χ2v) is 35.1. The van der Waals surface area contributed by atoms with Gasteiger partial charge in [0.1, 0.15) is 0 Å². The van der Waals surface area contributed by atoms with Crippen LogP contribution in [0.4, 0.5) is 0 Å². The number of hydrogen-bond acceptors (Lipinski definition) is 18. The largest absolute Gasteiger partial charge is 0.504 e. The summed E-state index contributed by atoms with van der Waals surface area (Å²) in [5.74, 6) is 7.76. The van der Waals surface area contributed by atoms with E-state index < -0.39 is 0 Å². The molecule has 24 nitrogen and oxygen atoms in total. The van der Waals surface area contributed by atoms with Gasteiger partial charge in [0.2, 0.25) is 35.4 Å². The maximum Gasteiger partial charge on any atom is 0.220 e. The number of hydrogen-bond donors (Lipinski definition) is 12. The summed E-state index contributed by atoms with van der Waals surface area (Å²) in [6.45, 7) is 29.2. The highest BCUT2D eigenvalue weighted by molar-refractivity contribution is 5.78. The molecule has 6 aromatic carbocycles. The van der Waals surface area contributed by atoms with Gasteiger partial charge in [-0.3, -0.25) is 28.8 Å². The highest BCUT2D eigenvalue weighted by atomic mass is 16.5. The molecule has 0 heterocycles. The highest BCUT2D eigenvalue weighted by Gasteiger charge is 2.14. The standard InChI is InChI=1S/C19H31NO3.C19H29NO3.C18H29NO3.C18H27NO3.C17H27NO3.C17H25NO3/c2*1-4-15(2)9-7-5-6-8-10-19(22)20-14-16-11-12-17(21)18(13-16)23-3;2*1-14(2)8-6-4-5-7-9-18(21)19-13-15-10-11-16(20)17(12-15)22-3;2*1-13(2)7-5-4-6-8-17(20)18-12-14-9-10-15(19)16(11-14)21-3/h11-13,15,21H,4-10,14H2,1-3H3,(H,20,22);7,9,11-13,15,21H,4-6,8,10,14H2,1-3H3,(H,20,22);10-12,14,20H,4-9,13H2,1-3H3,(H,19,21);6,8,10-12,14,20H,4-5,7,9,13H2,1-3H3,(H,19,21);9-11,13,19H,4-8,12H2,1-3H3,(H,18,20);4-5,9-11,13,19H,6-8,12H2,1-3H3,(H,18,20)/b;9-7+;;8-6+;;5-4+. The summed E-state index contributed by atoms with van der Waals surface area (Å²) >= 11 is 0. The Kier molecular flexibility index (Phi) is 67.1. The van der Waals surface area contributed by atoms with Gasteiger partial charge >= 0.3 is 0 Å². The van der Waals surface area contributed by atoms with E-state index in [-0.39, 0.29) is 69.9 Å². The van der Waals surface area contributed by atoms with Crippen molar-refractivity contribution in [2.24, 2.45) is 35.5 Å². The molecule has 2 atom stereocenters. The second-order valence-electron chi connectivity index (χ2n) is 35.1. The number of phenols is 6. The number of methoxy groups -OCH3 is 6. The SMILES string of the molecule is CCC(C)/C=C/CCCCC(=O)NCc1ccc(O)c(OC)c1.CCC(C)CCCCCCC(=O)NCc1ccc(O)c(OC)c1.COc1cc(CNC(=O)CC/C=C/CC(C)C)ccc1O.COc1cc(CNC(=O)CCCC/C=C/C(C)C)ccc1O.COc1cc(CNC(=O)CCCCCC(C)C)ccc1O.COc1cc(CNC(=O)CCCCCCC(C)C)ccc1O. The molecule has 0 saturated heterocycles. The van der Waals surface area contributed by atoms with Crippen molar-refractivity contribution in [2.75, 3.05) is 42.7 Å². The number of nitrogens with one attached hydrogen (secondary N) is 6. The first-order valence-corrected chi connectivity index (χ1v) is 48.0. The van der Waals surface area contributed by atoms with E-state index in [1.165, 1.54) is 107 Å². The van der Waals surface area contributed by atoms with E-state index >= 15 is 0 Å². The van der Waals surface area contributed by atoms with Gasteiger partial charge in [0.15, 0.2) is 69.0 Å². The third kappa shape index (κ3) is 60.8. The quantitative estimate of drug-likeness (QED) is 0.0125. The normalized spacial score (nSPS) is 11.3. The van der Waals surface area contributed by atoms with E-state index in [0.29, 0.717) is 130 Å². The van der Waals surface area contributed by atoms with Crippen molar-refractivity contribution in [3.05, 3.63) is 179 Å². The van der Waals surface area contributed by atoms with Crippen molar-refractivity contribution in [2.45, 2.75) is 315 Å². The zero-order valence-electron chi connectivity index (χ0n) is 83.4. The van der Waals surface area contributed by atoms with E-state index in [2.05, 4.69) is 151 Å². The molecule has 0 spiro atoms. The van der Waals surface area contributed by atoms with E-state index in [4.69, 9.17) is 28.4 Å². The first-order valence-electron chi connectivity index (χ1n) is 48.0. The van der Waals surface area contributed by atoms with Gasteiger partial charge in [-0.05, 0) is 212 Å². The number of phenolic OH excluding ortho intramolecular Hbond substituents is 6. The van der Waals surface area contributed by atoms with Gasteiger partial charge in [-0.15, -0.1) is 0 Å². The lowest BCUT2D eigenvalue weighted by Crippen LogP contribution is -2.22. The Labute approximate surface area is 792 Å². The van der Waals surface area contributed by atoms with Gasteiger partial charge in [0.25, 0.3) is 0 Å². The number of aromatic hydroxyl groups is 6. The summed E-state index contributed by atoms with van der Waals surface area (Å²) in [5.41, 5.74) is 5.46. The molecule has 0 fully saturated rings. The van der Waals surface area contributed by atoms with Gasteiger partial charge in [-0.25, -0.2) is 0 Å². The summed E-state index contributed by atoms with van der Waals surface area (Å²) in [4.78, 5) is 70.7. The van der Waals surface area contributed by atoms with Crippen molar-refractivity contribution in [3.63, 3.8) is 0 Å². The number of unbranched alkanes of at least 4 members (excludes halogenated alkanes) is 12. The zero-order valence-corrected chi connectivity index (χ0v) is 83.4. The van der Waals surface area contributed by atoms with Crippen LogP contribution in [-0.2, 0) is 68.0 Å². The Balaban J connectivity index is 0.000000792. The fourth-order valence-electron chi connectivity index (χ4n) is 12.9. The van der Waals surface area contributed by atoms with Crippen LogP contribution in [-0.4, -0.2) is 109 Å². The zero-order chi connectivity index (χ0) is 98.2. The minimum atomic E-state index is 0.0243. The van der Waals surface area contributed by atoms with Crippen LogP contribution in [0.1, 0.15) is 309 Å². The van der Waals surface area contributed by atoms with Crippen LogP contribution < -0.4 is 60.3 Å². The molecule has 0 bridgehead atoms. The molecule has 0 aliphatic carbocycles. The van der Waals surface area contributed by atoms with Gasteiger partial charge in [-0.2, -0.15) is 0 Å². The molecule has 6 amide bonds.